The molecule has 0 spiro atoms. The molecule has 23 heavy (non-hydrogen) atoms. The first kappa shape index (κ1) is 15.3. The topological polar surface area (TPSA) is 46.6 Å². The van der Waals surface area contributed by atoms with Gasteiger partial charge in [-0.15, -0.1) is 0 Å². The number of carbonyl (C=O) groups excluding carboxylic acids is 2. The van der Waals surface area contributed by atoms with Crippen LogP contribution in [0.5, 0.6) is 0 Å². The molecule has 1 atom stereocenters. The predicted molar refractivity (Wildman–Crippen MR) is 88.8 cm³/mol. The van der Waals surface area contributed by atoms with Crippen LogP contribution in [0.2, 0.25) is 0 Å². The Morgan fingerprint density at radius 2 is 1.48 bits per heavy atom. The number of benzene rings is 2. The molecule has 1 aliphatic carbocycles. The number of ether oxygens (including phenoxy) is 1. The first-order valence-corrected chi connectivity index (χ1v) is 7.89. The lowest BCUT2D eigenvalue weighted by Gasteiger charge is -2.26. The minimum atomic E-state index is -0.619. The van der Waals surface area contributed by atoms with Crippen LogP contribution in [-0.2, 0) is 9.53 Å². The number of carbonyl (C=O) groups is 2. The van der Waals surface area contributed by atoms with Gasteiger partial charge in [0.05, 0.1) is 11.4 Å². The van der Waals surface area contributed by atoms with E-state index in [1.165, 1.54) is 4.90 Å². The van der Waals surface area contributed by atoms with Gasteiger partial charge in [0.2, 0.25) is 0 Å². The van der Waals surface area contributed by atoms with Crippen molar-refractivity contribution in [1.82, 2.24) is 0 Å². The molecule has 2 aromatic rings. The Labute approximate surface area is 135 Å². The van der Waals surface area contributed by atoms with E-state index in [-0.39, 0.29) is 5.78 Å². The SMILES string of the molecule is O=C1CCCCC1OC(=O)N(c1ccccc1)c1ccccc1. The number of hydrogen-bond acceptors (Lipinski definition) is 3. The standard InChI is InChI=1S/C19H19NO3/c21-17-13-7-8-14-18(17)23-19(22)20(15-9-3-1-4-10-15)16-11-5-2-6-12-16/h1-6,9-12,18H,7-8,13-14H2. The highest BCUT2D eigenvalue weighted by atomic mass is 16.6. The molecule has 4 heteroatoms. The second kappa shape index (κ2) is 7.09. The van der Waals surface area contributed by atoms with Crippen LogP contribution in [-0.4, -0.2) is 18.0 Å². The van der Waals surface area contributed by atoms with Crippen molar-refractivity contribution in [3.8, 4) is 0 Å². The van der Waals surface area contributed by atoms with Gasteiger partial charge in [0.25, 0.3) is 0 Å². The number of ketones is 1. The van der Waals surface area contributed by atoms with E-state index in [0.717, 1.165) is 12.8 Å². The quantitative estimate of drug-likeness (QED) is 0.840. The number of hydrogen-bond donors (Lipinski definition) is 0. The fraction of sp³-hybridized carbons (Fsp3) is 0.263. The lowest BCUT2D eigenvalue weighted by molar-refractivity contribution is -0.129. The smallest absolute Gasteiger partial charge is 0.419 e. The highest BCUT2D eigenvalue weighted by molar-refractivity contribution is 5.97. The van der Waals surface area contributed by atoms with Crippen LogP contribution in [0.1, 0.15) is 25.7 Å². The molecule has 0 saturated heterocycles. The van der Waals surface area contributed by atoms with Crippen LogP contribution in [0.3, 0.4) is 0 Å². The van der Waals surface area contributed by atoms with Crippen molar-refractivity contribution in [2.45, 2.75) is 31.8 Å². The Bertz CT molecular complexity index is 630. The molecule has 3 rings (SSSR count). The molecule has 1 fully saturated rings. The second-order valence-corrected chi connectivity index (χ2v) is 5.59. The van der Waals surface area contributed by atoms with Gasteiger partial charge in [0.1, 0.15) is 0 Å². The van der Waals surface area contributed by atoms with Crippen molar-refractivity contribution in [2.24, 2.45) is 0 Å². The van der Waals surface area contributed by atoms with Crippen LogP contribution < -0.4 is 4.90 Å². The lowest BCUT2D eigenvalue weighted by atomic mass is 9.96. The summed E-state index contributed by atoms with van der Waals surface area (Å²) in [5, 5.41) is 0. The molecule has 0 bridgehead atoms. The number of amides is 1. The summed E-state index contributed by atoms with van der Waals surface area (Å²) in [7, 11) is 0. The molecule has 0 N–H and O–H groups in total. The van der Waals surface area contributed by atoms with Gasteiger partial charge < -0.3 is 4.74 Å². The van der Waals surface area contributed by atoms with Gasteiger partial charge in [-0.05, 0) is 43.5 Å². The van der Waals surface area contributed by atoms with Gasteiger partial charge >= 0.3 is 6.09 Å². The molecular formula is C19H19NO3. The molecular weight excluding hydrogens is 290 g/mol. The zero-order valence-corrected chi connectivity index (χ0v) is 12.9. The van der Waals surface area contributed by atoms with Crippen molar-refractivity contribution in [1.29, 1.82) is 0 Å². The molecule has 1 amide bonds. The van der Waals surface area contributed by atoms with Gasteiger partial charge in [0, 0.05) is 6.42 Å². The monoisotopic (exact) mass is 309 g/mol. The van der Waals surface area contributed by atoms with E-state index in [2.05, 4.69) is 0 Å². The molecule has 2 aromatic carbocycles. The predicted octanol–water partition coefficient (Wildman–Crippen LogP) is 4.47. The van der Waals surface area contributed by atoms with Crippen molar-refractivity contribution in [3.05, 3.63) is 60.7 Å². The average molecular weight is 309 g/mol. The highest BCUT2D eigenvalue weighted by Gasteiger charge is 2.29. The molecule has 0 aliphatic heterocycles. The zero-order valence-electron chi connectivity index (χ0n) is 12.9. The Kier molecular flexibility index (Phi) is 4.71. The van der Waals surface area contributed by atoms with Gasteiger partial charge in [0.15, 0.2) is 11.9 Å². The Morgan fingerprint density at radius 3 is 2.00 bits per heavy atom. The number of rotatable bonds is 3. The first-order valence-electron chi connectivity index (χ1n) is 7.89. The molecule has 0 heterocycles. The van der Waals surface area contributed by atoms with Gasteiger partial charge in [-0.25, -0.2) is 9.69 Å². The summed E-state index contributed by atoms with van der Waals surface area (Å²) in [5.74, 6) is 0.0191. The summed E-state index contributed by atoms with van der Waals surface area (Å²) >= 11 is 0. The van der Waals surface area contributed by atoms with E-state index in [4.69, 9.17) is 4.74 Å². The molecule has 1 aliphatic rings. The van der Waals surface area contributed by atoms with Crippen LogP contribution in [0, 0.1) is 0 Å². The largest absolute Gasteiger partial charge is 0.438 e. The zero-order chi connectivity index (χ0) is 16.1. The van der Waals surface area contributed by atoms with E-state index >= 15 is 0 Å². The van der Waals surface area contributed by atoms with Gasteiger partial charge in [-0.2, -0.15) is 0 Å². The fourth-order valence-corrected chi connectivity index (χ4v) is 2.76. The number of anilines is 2. The minimum absolute atomic E-state index is 0.0191. The second-order valence-electron chi connectivity index (χ2n) is 5.59. The number of nitrogens with zero attached hydrogens (tertiary/aromatic N) is 1. The van der Waals surface area contributed by atoms with Gasteiger partial charge in [-0.3, -0.25) is 4.79 Å². The highest BCUT2D eigenvalue weighted by Crippen LogP contribution is 2.27. The van der Waals surface area contributed by atoms with Crippen molar-refractivity contribution < 1.29 is 14.3 Å². The minimum Gasteiger partial charge on any atom is -0.438 e. The van der Waals surface area contributed by atoms with E-state index < -0.39 is 12.2 Å². The third-order valence-corrected chi connectivity index (χ3v) is 3.95. The summed E-state index contributed by atoms with van der Waals surface area (Å²) in [6.45, 7) is 0. The third kappa shape index (κ3) is 3.59. The van der Waals surface area contributed by atoms with Crippen molar-refractivity contribution in [3.63, 3.8) is 0 Å². The number of para-hydroxylation sites is 2. The summed E-state index contributed by atoms with van der Waals surface area (Å²) in [6.07, 6.45) is 1.78. The third-order valence-electron chi connectivity index (χ3n) is 3.95. The first-order chi connectivity index (χ1) is 11.3. The van der Waals surface area contributed by atoms with E-state index in [0.29, 0.717) is 24.2 Å². The van der Waals surface area contributed by atoms with E-state index in [1.54, 1.807) is 0 Å². The van der Waals surface area contributed by atoms with Crippen LogP contribution in [0.4, 0.5) is 16.2 Å². The Hall–Kier alpha value is -2.62. The normalized spacial score (nSPS) is 17.6. The van der Waals surface area contributed by atoms with Crippen LogP contribution >= 0.6 is 0 Å². The number of Topliss-reactive ketones (excluding diaryl/α,β-unsaturated/α-hetero) is 1. The van der Waals surface area contributed by atoms with E-state index in [1.807, 2.05) is 60.7 Å². The Morgan fingerprint density at radius 1 is 0.913 bits per heavy atom. The summed E-state index contributed by atoms with van der Waals surface area (Å²) in [5.41, 5.74) is 1.43. The molecule has 0 aromatic heterocycles. The van der Waals surface area contributed by atoms with Gasteiger partial charge in [-0.1, -0.05) is 36.4 Å². The molecule has 0 radical (unpaired) electrons. The summed E-state index contributed by atoms with van der Waals surface area (Å²) < 4.78 is 5.51. The Balaban J connectivity index is 1.86. The molecule has 118 valence electrons. The molecule has 1 unspecified atom stereocenters. The maximum absolute atomic E-state index is 12.7. The van der Waals surface area contributed by atoms with Crippen LogP contribution in [0.25, 0.3) is 0 Å². The lowest BCUT2D eigenvalue weighted by Crippen LogP contribution is -2.36. The van der Waals surface area contributed by atoms with Crippen molar-refractivity contribution in [2.75, 3.05) is 4.90 Å². The summed E-state index contributed by atoms with van der Waals surface area (Å²) in [6, 6.07) is 18.6. The van der Waals surface area contributed by atoms with Crippen molar-refractivity contribution >= 4 is 23.3 Å². The maximum atomic E-state index is 12.7. The molecule has 4 nitrogen and oxygen atoms in total. The molecule has 1 saturated carbocycles. The van der Waals surface area contributed by atoms with E-state index in [9.17, 15) is 9.59 Å². The average Bonchev–Trinajstić information content (AvgIpc) is 2.59. The maximum Gasteiger partial charge on any atom is 0.419 e. The fourth-order valence-electron chi connectivity index (χ4n) is 2.76. The van der Waals surface area contributed by atoms with Crippen LogP contribution in [0.15, 0.2) is 60.7 Å². The summed E-state index contributed by atoms with van der Waals surface area (Å²) in [4.78, 5) is 26.1.